The van der Waals surface area contributed by atoms with Gasteiger partial charge in [0.25, 0.3) is 6.43 Å². The molecule has 0 aliphatic rings. The molecule has 0 atom stereocenters. The predicted molar refractivity (Wildman–Crippen MR) is 48.8 cm³/mol. The highest BCUT2D eigenvalue weighted by Gasteiger charge is 2.36. The quantitative estimate of drug-likeness (QED) is 0.656. The molecule has 0 N–H and O–H groups in total. The minimum Gasteiger partial charge on any atom is -0.205 e. The molecule has 0 saturated carbocycles. The van der Waals surface area contributed by atoms with Crippen LogP contribution in [0.1, 0.15) is 23.1 Å². The van der Waals surface area contributed by atoms with E-state index in [2.05, 4.69) is 15.9 Å². The van der Waals surface area contributed by atoms with E-state index in [0.29, 0.717) is 11.6 Å². The molecule has 0 aromatic heterocycles. The van der Waals surface area contributed by atoms with Gasteiger partial charge in [-0.2, -0.15) is 13.2 Å². The molecule has 0 aliphatic carbocycles. The highest BCUT2D eigenvalue weighted by atomic mass is 79.9. The van der Waals surface area contributed by atoms with Crippen molar-refractivity contribution in [3.63, 3.8) is 0 Å². The molecule has 0 nitrogen and oxygen atoms in total. The van der Waals surface area contributed by atoms with Crippen LogP contribution in [0.25, 0.3) is 0 Å². The molecular formula is C9H6BrF5. The van der Waals surface area contributed by atoms with Gasteiger partial charge in [0, 0.05) is 10.0 Å². The first-order chi connectivity index (χ1) is 6.73. The lowest BCUT2D eigenvalue weighted by molar-refractivity contribution is -0.139. The lowest BCUT2D eigenvalue weighted by Gasteiger charge is -2.14. The molecule has 0 amide bonds. The lowest BCUT2D eigenvalue weighted by Crippen LogP contribution is -2.10. The van der Waals surface area contributed by atoms with Crippen LogP contribution in [-0.2, 0) is 6.18 Å². The van der Waals surface area contributed by atoms with Crippen LogP contribution in [0.4, 0.5) is 22.0 Å². The van der Waals surface area contributed by atoms with Crippen molar-refractivity contribution in [1.82, 2.24) is 0 Å². The van der Waals surface area contributed by atoms with Gasteiger partial charge in [0.2, 0.25) is 0 Å². The molecule has 15 heavy (non-hydrogen) atoms. The third kappa shape index (κ3) is 2.68. The molecular weight excluding hydrogens is 283 g/mol. The number of aryl methyl sites for hydroxylation is 1. The maximum atomic E-state index is 12.4. The Morgan fingerprint density at radius 2 is 1.73 bits per heavy atom. The molecule has 0 aliphatic heterocycles. The van der Waals surface area contributed by atoms with E-state index < -0.39 is 23.7 Å². The summed E-state index contributed by atoms with van der Waals surface area (Å²) in [6.07, 6.45) is -7.89. The number of halogens is 6. The van der Waals surface area contributed by atoms with Gasteiger partial charge in [0.15, 0.2) is 0 Å². The van der Waals surface area contributed by atoms with Crippen molar-refractivity contribution in [2.75, 3.05) is 0 Å². The first kappa shape index (κ1) is 12.4. The molecule has 0 heterocycles. The van der Waals surface area contributed by atoms with Crippen molar-refractivity contribution < 1.29 is 22.0 Å². The normalized spacial score (nSPS) is 12.3. The average molecular weight is 289 g/mol. The van der Waals surface area contributed by atoms with Gasteiger partial charge in [-0.3, -0.25) is 0 Å². The number of hydrogen-bond acceptors (Lipinski definition) is 0. The minimum absolute atomic E-state index is 0.166. The summed E-state index contributed by atoms with van der Waals surface area (Å²) in [7, 11) is 0. The molecule has 0 bridgehead atoms. The van der Waals surface area contributed by atoms with Crippen molar-refractivity contribution in [2.24, 2.45) is 0 Å². The zero-order chi connectivity index (χ0) is 11.8. The molecule has 6 heteroatoms. The van der Waals surface area contributed by atoms with Crippen LogP contribution in [0, 0.1) is 6.92 Å². The second-order valence-electron chi connectivity index (χ2n) is 2.99. The fraction of sp³-hybridized carbons (Fsp3) is 0.333. The van der Waals surface area contributed by atoms with Crippen molar-refractivity contribution in [1.29, 1.82) is 0 Å². The molecule has 1 rings (SSSR count). The fourth-order valence-electron chi connectivity index (χ4n) is 1.13. The van der Waals surface area contributed by atoms with E-state index in [-0.39, 0.29) is 4.47 Å². The number of rotatable bonds is 1. The first-order valence-corrected chi connectivity index (χ1v) is 4.68. The van der Waals surface area contributed by atoms with Crippen LogP contribution in [0.2, 0.25) is 0 Å². The Morgan fingerprint density at radius 1 is 1.20 bits per heavy atom. The van der Waals surface area contributed by atoms with Crippen molar-refractivity contribution in [3.8, 4) is 0 Å². The van der Waals surface area contributed by atoms with Crippen LogP contribution in [0.5, 0.6) is 0 Å². The van der Waals surface area contributed by atoms with Gasteiger partial charge < -0.3 is 0 Å². The zero-order valence-electron chi connectivity index (χ0n) is 7.50. The lowest BCUT2D eigenvalue weighted by atomic mass is 10.0. The van der Waals surface area contributed by atoms with E-state index in [1.165, 1.54) is 6.92 Å². The summed E-state index contributed by atoms with van der Waals surface area (Å²) in [5.41, 5.74) is -1.93. The smallest absolute Gasteiger partial charge is 0.205 e. The molecule has 0 fully saturated rings. The summed E-state index contributed by atoms with van der Waals surface area (Å²) < 4.78 is 62.0. The van der Waals surface area contributed by atoms with Crippen molar-refractivity contribution >= 4 is 15.9 Å². The van der Waals surface area contributed by atoms with Gasteiger partial charge >= 0.3 is 6.18 Å². The Bertz CT molecular complexity index is 370. The largest absolute Gasteiger partial charge is 0.416 e. The number of alkyl halides is 5. The molecule has 0 radical (unpaired) electrons. The first-order valence-electron chi connectivity index (χ1n) is 3.89. The summed E-state index contributed by atoms with van der Waals surface area (Å²) in [4.78, 5) is 0. The molecule has 1 aromatic carbocycles. The predicted octanol–water partition coefficient (Wildman–Crippen LogP) is 4.71. The van der Waals surface area contributed by atoms with Crippen LogP contribution in [0.15, 0.2) is 16.6 Å². The minimum atomic E-state index is -4.76. The van der Waals surface area contributed by atoms with Crippen LogP contribution < -0.4 is 0 Å². The van der Waals surface area contributed by atoms with Gasteiger partial charge in [-0.25, -0.2) is 8.78 Å². The Hall–Kier alpha value is -0.650. The van der Waals surface area contributed by atoms with Crippen LogP contribution in [0.3, 0.4) is 0 Å². The summed E-state index contributed by atoms with van der Waals surface area (Å²) in [6.45, 7) is 1.45. The Kier molecular flexibility index (Phi) is 3.38. The Balaban J connectivity index is 3.42. The van der Waals surface area contributed by atoms with Gasteiger partial charge in [0.1, 0.15) is 0 Å². The molecule has 84 valence electrons. The summed E-state index contributed by atoms with van der Waals surface area (Å²) >= 11 is 2.88. The second-order valence-corrected chi connectivity index (χ2v) is 3.84. The molecule has 1 aromatic rings. The van der Waals surface area contributed by atoms with Crippen LogP contribution in [-0.4, -0.2) is 0 Å². The molecule has 0 saturated heterocycles. The maximum absolute atomic E-state index is 12.4. The topological polar surface area (TPSA) is 0 Å². The van der Waals surface area contributed by atoms with Gasteiger partial charge in [0.05, 0.1) is 5.56 Å². The van der Waals surface area contributed by atoms with Crippen molar-refractivity contribution in [2.45, 2.75) is 19.5 Å². The number of benzene rings is 1. The van der Waals surface area contributed by atoms with E-state index in [9.17, 15) is 22.0 Å². The Labute approximate surface area is 91.2 Å². The van der Waals surface area contributed by atoms with Gasteiger partial charge in [-0.1, -0.05) is 15.9 Å². The second kappa shape index (κ2) is 4.08. The van der Waals surface area contributed by atoms with Gasteiger partial charge in [-0.05, 0) is 24.6 Å². The van der Waals surface area contributed by atoms with E-state index in [0.717, 1.165) is 6.07 Å². The van der Waals surface area contributed by atoms with E-state index in [4.69, 9.17) is 0 Å². The molecule has 0 spiro atoms. The monoisotopic (exact) mass is 288 g/mol. The highest BCUT2D eigenvalue weighted by molar-refractivity contribution is 9.10. The van der Waals surface area contributed by atoms with Crippen molar-refractivity contribution in [3.05, 3.63) is 33.3 Å². The summed E-state index contributed by atoms with van der Waals surface area (Å²) in [5, 5.41) is 0. The molecule has 0 unspecified atom stereocenters. The Morgan fingerprint density at radius 3 is 2.13 bits per heavy atom. The van der Waals surface area contributed by atoms with E-state index >= 15 is 0 Å². The maximum Gasteiger partial charge on any atom is 0.416 e. The average Bonchev–Trinajstić information content (AvgIpc) is 2.06. The highest BCUT2D eigenvalue weighted by Crippen LogP contribution is 2.38. The van der Waals surface area contributed by atoms with Crippen LogP contribution >= 0.6 is 15.9 Å². The van der Waals surface area contributed by atoms with Gasteiger partial charge in [-0.15, -0.1) is 0 Å². The fourth-order valence-corrected chi connectivity index (χ4v) is 1.47. The van der Waals surface area contributed by atoms with E-state index in [1.54, 1.807) is 0 Å². The third-order valence-corrected chi connectivity index (χ3v) is 2.73. The van der Waals surface area contributed by atoms with E-state index in [1.807, 2.05) is 0 Å². The number of hydrogen-bond donors (Lipinski definition) is 0. The standard InChI is InChI=1S/C9H6BrF5/c1-4-2-5(8(11)12)6(3-7(4)10)9(13,14)15/h2-3,8H,1H3. The zero-order valence-corrected chi connectivity index (χ0v) is 9.09. The summed E-state index contributed by atoms with van der Waals surface area (Å²) in [5.74, 6) is 0. The summed E-state index contributed by atoms with van der Waals surface area (Å²) in [6, 6.07) is 1.52. The third-order valence-electron chi connectivity index (χ3n) is 1.87. The SMILES string of the molecule is Cc1cc(C(F)F)c(C(F)(F)F)cc1Br.